The number of hydrogen-bond acceptors (Lipinski definition) is 2. The zero-order chi connectivity index (χ0) is 12.7. The Bertz CT molecular complexity index is 227. The Hall–Kier alpha value is -0.370. The fraction of sp³-hybridized carbons (Fsp3) is 0.933. The van der Waals surface area contributed by atoms with E-state index in [-0.39, 0.29) is 0 Å². The van der Waals surface area contributed by atoms with E-state index < -0.39 is 5.60 Å². The second-order valence-corrected chi connectivity index (χ2v) is 5.49. The van der Waals surface area contributed by atoms with E-state index in [1.165, 1.54) is 6.42 Å². The van der Waals surface area contributed by atoms with Crippen LogP contribution in [0.5, 0.6) is 0 Å². The second-order valence-electron chi connectivity index (χ2n) is 5.49. The third kappa shape index (κ3) is 4.09. The maximum atomic E-state index is 12.4. The minimum absolute atomic E-state index is 0.361. The number of hydrogen-bond donors (Lipinski definition) is 0. The molecule has 1 aliphatic carbocycles. The lowest BCUT2D eigenvalue weighted by Gasteiger charge is -2.38. The second kappa shape index (κ2) is 7.15. The van der Waals surface area contributed by atoms with Gasteiger partial charge in [-0.25, -0.2) is 0 Å². The fourth-order valence-electron chi connectivity index (χ4n) is 2.77. The summed E-state index contributed by atoms with van der Waals surface area (Å²) in [6.45, 7) is 7.11. The molecule has 2 nitrogen and oxygen atoms in total. The highest BCUT2D eigenvalue weighted by molar-refractivity contribution is 5.87. The highest BCUT2D eigenvalue weighted by Gasteiger charge is 2.40. The third-order valence-electron chi connectivity index (χ3n) is 4.02. The van der Waals surface area contributed by atoms with Gasteiger partial charge in [0.1, 0.15) is 5.60 Å². The van der Waals surface area contributed by atoms with Crippen molar-refractivity contribution in [3.05, 3.63) is 0 Å². The summed E-state index contributed by atoms with van der Waals surface area (Å²) < 4.78 is 5.86. The predicted molar refractivity (Wildman–Crippen MR) is 71.1 cm³/mol. The summed E-state index contributed by atoms with van der Waals surface area (Å²) >= 11 is 0. The quantitative estimate of drug-likeness (QED) is 0.626. The van der Waals surface area contributed by atoms with Crippen molar-refractivity contribution in [2.75, 3.05) is 6.61 Å². The van der Waals surface area contributed by atoms with E-state index in [1.807, 2.05) is 6.92 Å². The molecule has 0 aliphatic heterocycles. The topological polar surface area (TPSA) is 26.3 Å². The van der Waals surface area contributed by atoms with Crippen LogP contribution in [-0.4, -0.2) is 18.0 Å². The maximum absolute atomic E-state index is 12.4. The van der Waals surface area contributed by atoms with Gasteiger partial charge in [-0.05, 0) is 44.9 Å². The zero-order valence-corrected chi connectivity index (χ0v) is 11.8. The molecule has 0 aromatic carbocycles. The number of ether oxygens (including phenoxy) is 1. The minimum Gasteiger partial charge on any atom is -0.368 e. The molecule has 100 valence electrons. The molecule has 0 spiro atoms. The summed E-state index contributed by atoms with van der Waals surface area (Å²) in [6, 6.07) is 0. The number of unbranched alkanes of at least 4 members (excludes halogenated alkanes) is 2. The van der Waals surface area contributed by atoms with Crippen molar-refractivity contribution in [1.82, 2.24) is 0 Å². The van der Waals surface area contributed by atoms with Gasteiger partial charge in [-0.1, -0.05) is 26.7 Å². The lowest BCUT2D eigenvalue weighted by atomic mass is 9.76. The Morgan fingerprint density at radius 1 is 1.24 bits per heavy atom. The number of Topliss-reactive ketones (excluding diaryl/α,β-unsaturated/α-hetero) is 1. The molecule has 0 unspecified atom stereocenters. The molecule has 2 heteroatoms. The van der Waals surface area contributed by atoms with Gasteiger partial charge < -0.3 is 4.74 Å². The first-order valence-corrected chi connectivity index (χ1v) is 7.32. The molecule has 0 saturated heterocycles. The van der Waals surface area contributed by atoms with E-state index in [2.05, 4.69) is 13.8 Å². The van der Waals surface area contributed by atoms with Crippen molar-refractivity contribution in [1.29, 1.82) is 0 Å². The summed E-state index contributed by atoms with van der Waals surface area (Å²) in [7, 11) is 0. The molecule has 0 radical (unpaired) electrons. The highest BCUT2D eigenvalue weighted by Crippen LogP contribution is 2.36. The van der Waals surface area contributed by atoms with E-state index in [9.17, 15) is 4.79 Å². The molecule has 0 aromatic heterocycles. The van der Waals surface area contributed by atoms with Gasteiger partial charge in [0.05, 0.1) is 0 Å². The van der Waals surface area contributed by atoms with Gasteiger partial charge in [-0.15, -0.1) is 0 Å². The van der Waals surface area contributed by atoms with Crippen molar-refractivity contribution in [2.45, 2.75) is 77.7 Å². The molecule has 17 heavy (non-hydrogen) atoms. The number of rotatable bonds is 7. The Labute approximate surface area is 106 Å². The van der Waals surface area contributed by atoms with Crippen molar-refractivity contribution in [3.63, 3.8) is 0 Å². The van der Waals surface area contributed by atoms with Crippen LogP contribution in [0.3, 0.4) is 0 Å². The molecule has 1 fully saturated rings. The molecule has 1 aliphatic rings. The maximum Gasteiger partial charge on any atom is 0.164 e. The lowest BCUT2D eigenvalue weighted by Crippen LogP contribution is -2.44. The van der Waals surface area contributed by atoms with E-state index in [4.69, 9.17) is 4.74 Å². The van der Waals surface area contributed by atoms with Crippen LogP contribution >= 0.6 is 0 Å². The Kier molecular flexibility index (Phi) is 6.18. The highest BCUT2D eigenvalue weighted by atomic mass is 16.5. The fourth-order valence-corrected chi connectivity index (χ4v) is 2.77. The molecule has 0 N–H and O–H groups in total. The average molecular weight is 240 g/mol. The van der Waals surface area contributed by atoms with Crippen LogP contribution in [0.2, 0.25) is 0 Å². The molecule has 0 aromatic rings. The summed E-state index contributed by atoms with van der Waals surface area (Å²) in [4.78, 5) is 12.4. The summed E-state index contributed by atoms with van der Waals surface area (Å²) in [5, 5.41) is 0. The van der Waals surface area contributed by atoms with Crippen molar-refractivity contribution in [2.24, 2.45) is 5.92 Å². The van der Waals surface area contributed by atoms with E-state index >= 15 is 0 Å². The standard InChI is InChI=1S/C15H28O2/c1-4-6-7-8-14(16)15(17-5-2)11-9-13(3)10-12-15/h13H,4-12H2,1-3H3. The molecule has 0 bridgehead atoms. The van der Waals surface area contributed by atoms with Gasteiger partial charge >= 0.3 is 0 Å². The number of ketones is 1. The summed E-state index contributed by atoms with van der Waals surface area (Å²) in [5.74, 6) is 1.12. The van der Waals surface area contributed by atoms with Crippen LogP contribution in [0.15, 0.2) is 0 Å². The first-order valence-electron chi connectivity index (χ1n) is 7.32. The Morgan fingerprint density at radius 3 is 2.41 bits per heavy atom. The number of carbonyl (C=O) groups excluding carboxylic acids is 1. The van der Waals surface area contributed by atoms with E-state index in [1.54, 1.807) is 0 Å². The smallest absolute Gasteiger partial charge is 0.164 e. The molecule has 1 rings (SSSR count). The average Bonchev–Trinajstić information content (AvgIpc) is 2.33. The molecule has 1 saturated carbocycles. The van der Waals surface area contributed by atoms with Gasteiger partial charge in [0.25, 0.3) is 0 Å². The van der Waals surface area contributed by atoms with Gasteiger partial charge in [-0.3, -0.25) is 4.79 Å². The predicted octanol–water partition coefficient (Wildman–Crippen LogP) is 4.12. The summed E-state index contributed by atoms with van der Waals surface area (Å²) in [6.07, 6.45) is 8.22. The molecular formula is C15H28O2. The van der Waals surface area contributed by atoms with Crippen LogP contribution in [-0.2, 0) is 9.53 Å². The molecule has 0 heterocycles. The molecule has 0 amide bonds. The van der Waals surface area contributed by atoms with Gasteiger partial charge in [0.2, 0.25) is 0 Å². The van der Waals surface area contributed by atoms with Crippen molar-refractivity contribution in [3.8, 4) is 0 Å². The largest absolute Gasteiger partial charge is 0.368 e. The first-order chi connectivity index (χ1) is 8.14. The van der Waals surface area contributed by atoms with Crippen LogP contribution in [0.25, 0.3) is 0 Å². The van der Waals surface area contributed by atoms with E-state index in [0.717, 1.165) is 44.4 Å². The van der Waals surface area contributed by atoms with E-state index in [0.29, 0.717) is 18.8 Å². The minimum atomic E-state index is -0.422. The Morgan fingerprint density at radius 2 is 1.88 bits per heavy atom. The zero-order valence-electron chi connectivity index (χ0n) is 11.8. The first kappa shape index (κ1) is 14.7. The normalized spacial score (nSPS) is 29.2. The van der Waals surface area contributed by atoms with Gasteiger partial charge in [0, 0.05) is 13.0 Å². The molecular weight excluding hydrogens is 212 g/mol. The molecule has 0 atom stereocenters. The SMILES string of the molecule is CCCCCC(=O)C1(OCC)CCC(C)CC1. The van der Waals surface area contributed by atoms with Crippen molar-refractivity contribution >= 4 is 5.78 Å². The van der Waals surface area contributed by atoms with Crippen LogP contribution in [0.4, 0.5) is 0 Å². The van der Waals surface area contributed by atoms with Crippen LogP contribution < -0.4 is 0 Å². The third-order valence-corrected chi connectivity index (χ3v) is 4.02. The summed E-state index contributed by atoms with van der Waals surface area (Å²) in [5.41, 5.74) is -0.422. The monoisotopic (exact) mass is 240 g/mol. The van der Waals surface area contributed by atoms with Crippen LogP contribution in [0, 0.1) is 5.92 Å². The van der Waals surface area contributed by atoms with Gasteiger partial charge in [-0.2, -0.15) is 0 Å². The van der Waals surface area contributed by atoms with Crippen molar-refractivity contribution < 1.29 is 9.53 Å². The lowest BCUT2D eigenvalue weighted by molar-refractivity contribution is -0.150. The van der Waals surface area contributed by atoms with Gasteiger partial charge in [0.15, 0.2) is 5.78 Å². The van der Waals surface area contributed by atoms with Crippen LogP contribution in [0.1, 0.15) is 72.1 Å². The number of carbonyl (C=O) groups is 1. The Balaban J connectivity index is 2.54.